The van der Waals surface area contributed by atoms with Gasteiger partial charge in [0, 0.05) is 36.2 Å². The van der Waals surface area contributed by atoms with Crippen molar-refractivity contribution in [3.8, 4) is 0 Å². The Hall–Kier alpha value is -2.21. The summed E-state index contributed by atoms with van der Waals surface area (Å²) in [6, 6.07) is 3.86. The Bertz CT molecular complexity index is 802. The zero-order chi connectivity index (χ0) is 16.6. The molecule has 1 aliphatic rings. The molecule has 2 aromatic rings. The topological polar surface area (TPSA) is 79.2 Å². The first-order valence-corrected chi connectivity index (χ1v) is 7.87. The molecule has 1 aromatic carbocycles. The number of fused-ring (bicyclic) bond motifs is 1. The molecule has 1 saturated heterocycles. The van der Waals surface area contributed by atoms with E-state index in [-0.39, 0.29) is 28.8 Å². The molecule has 2 atom stereocenters. The van der Waals surface area contributed by atoms with Crippen LogP contribution in [0.25, 0.3) is 10.9 Å². The molecule has 0 bridgehead atoms. The van der Waals surface area contributed by atoms with Gasteiger partial charge in [-0.05, 0) is 30.5 Å². The number of likely N-dealkylation sites (tertiary alicyclic amines) is 1. The van der Waals surface area contributed by atoms with Gasteiger partial charge in [0.05, 0.1) is 0 Å². The summed E-state index contributed by atoms with van der Waals surface area (Å²) in [5.74, 6) is -0.578. The van der Waals surface area contributed by atoms with E-state index in [2.05, 4.69) is 11.9 Å². The molecule has 0 radical (unpaired) electrons. The van der Waals surface area contributed by atoms with Gasteiger partial charge in [0.15, 0.2) is 0 Å². The highest BCUT2D eigenvalue weighted by atomic mass is 19.1. The van der Waals surface area contributed by atoms with Gasteiger partial charge in [-0.25, -0.2) is 4.39 Å². The largest absolute Gasteiger partial charge is 0.360 e. The second-order valence-corrected chi connectivity index (χ2v) is 6.14. The molecule has 5 nitrogen and oxygen atoms in total. The van der Waals surface area contributed by atoms with E-state index in [1.165, 1.54) is 18.3 Å². The van der Waals surface area contributed by atoms with Gasteiger partial charge in [-0.2, -0.15) is 0 Å². The van der Waals surface area contributed by atoms with Crippen molar-refractivity contribution in [1.29, 1.82) is 0 Å². The van der Waals surface area contributed by atoms with Crippen LogP contribution in [0.15, 0.2) is 29.2 Å². The van der Waals surface area contributed by atoms with Gasteiger partial charge < -0.3 is 15.6 Å². The minimum atomic E-state index is -0.501. The van der Waals surface area contributed by atoms with E-state index < -0.39 is 11.2 Å². The van der Waals surface area contributed by atoms with Gasteiger partial charge in [0.1, 0.15) is 11.4 Å². The summed E-state index contributed by atoms with van der Waals surface area (Å²) in [7, 11) is 0. The minimum Gasteiger partial charge on any atom is -0.360 e. The van der Waals surface area contributed by atoms with E-state index in [0.717, 1.165) is 18.9 Å². The summed E-state index contributed by atoms with van der Waals surface area (Å²) in [4.78, 5) is 29.7. The second kappa shape index (κ2) is 6.12. The molecule has 1 fully saturated rings. The Morgan fingerprint density at radius 2 is 2.22 bits per heavy atom. The molecule has 1 aromatic heterocycles. The van der Waals surface area contributed by atoms with E-state index in [9.17, 15) is 14.0 Å². The summed E-state index contributed by atoms with van der Waals surface area (Å²) in [5.41, 5.74) is 6.19. The third-order valence-electron chi connectivity index (χ3n) is 4.51. The van der Waals surface area contributed by atoms with Crippen molar-refractivity contribution in [2.45, 2.75) is 25.8 Å². The summed E-state index contributed by atoms with van der Waals surface area (Å²) in [6.45, 7) is 3.10. The van der Waals surface area contributed by atoms with Crippen LogP contribution in [0.4, 0.5) is 4.39 Å². The molecule has 23 heavy (non-hydrogen) atoms. The summed E-state index contributed by atoms with van der Waals surface area (Å²) >= 11 is 0. The number of halogens is 1. The minimum absolute atomic E-state index is 0.0347. The number of nitrogens with one attached hydrogen (secondary N) is 1. The lowest BCUT2D eigenvalue weighted by Gasteiger charge is -2.16. The molecule has 3 N–H and O–H groups in total. The molecule has 0 aliphatic carbocycles. The molecule has 1 aliphatic heterocycles. The normalized spacial score (nSPS) is 21.1. The van der Waals surface area contributed by atoms with Crippen LogP contribution in [-0.2, 0) is 0 Å². The van der Waals surface area contributed by atoms with Crippen molar-refractivity contribution >= 4 is 16.8 Å². The highest BCUT2D eigenvalue weighted by molar-refractivity contribution is 5.97. The number of hydrogen-bond donors (Lipinski definition) is 2. The van der Waals surface area contributed by atoms with Crippen molar-refractivity contribution in [3.05, 3.63) is 46.0 Å². The highest BCUT2D eigenvalue weighted by Gasteiger charge is 2.33. The Morgan fingerprint density at radius 3 is 2.96 bits per heavy atom. The monoisotopic (exact) mass is 317 g/mol. The predicted molar refractivity (Wildman–Crippen MR) is 86.8 cm³/mol. The van der Waals surface area contributed by atoms with Crippen LogP contribution in [0.1, 0.15) is 30.1 Å². The molecule has 6 heteroatoms. The molecule has 2 heterocycles. The van der Waals surface area contributed by atoms with Crippen molar-refractivity contribution in [3.63, 3.8) is 0 Å². The number of aromatic nitrogens is 1. The molecule has 0 spiro atoms. The van der Waals surface area contributed by atoms with Gasteiger partial charge in [-0.3, -0.25) is 9.59 Å². The highest BCUT2D eigenvalue weighted by Crippen LogP contribution is 2.21. The van der Waals surface area contributed by atoms with Gasteiger partial charge >= 0.3 is 0 Å². The van der Waals surface area contributed by atoms with E-state index in [1.807, 2.05) is 0 Å². The summed E-state index contributed by atoms with van der Waals surface area (Å²) in [5, 5.41) is 0.185. The average molecular weight is 317 g/mol. The number of amides is 1. The van der Waals surface area contributed by atoms with Crippen LogP contribution >= 0.6 is 0 Å². The van der Waals surface area contributed by atoms with Gasteiger partial charge in [0.2, 0.25) is 5.43 Å². The van der Waals surface area contributed by atoms with Gasteiger partial charge in [0.25, 0.3) is 5.91 Å². The van der Waals surface area contributed by atoms with Crippen LogP contribution < -0.4 is 11.2 Å². The summed E-state index contributed by atoms with van der Waals surface area (Å²) < 4.78 is 13.4. The fourth-order valence-corrected chi connectivity index (χ4v) is 3.26. The third-order valence-corrected chi connectivity index (χ3v) is 4.51. The maximum Gasteiger partial charge on any atom is 0.259 e. The second-order valence-electron chi connectivity index (χ2n) is 6.14. The first-order valence-electron chi connectivity index (χ1n) is 7.87. The van der Waals surface area contributed by atoms with Crippen LogP contribution in [0.3, 0.4) is 0 Å². The Morgan fingerprint density at radius 1 is 1.43 bits per heavy atom. The van der Waals surface area contributed by atoms with Crippen molar-refractivity contribution < 1.29 is 9.18 Å². The number of aromatic amines is 1. The molecular weight excluding hydrogens is 297 g/mol. The molecule has 1 amide bonds. The van der Waals surface area contributed by atoms with Crippen LogP contribution in [-0.4, -0.2) is 34.9 Å². The lowest BCUT2D eigenvalue weighted by molar-refractivity contribution is 0.0784. The number of benzene rings is 1. The molecule has 0 unspecified atom stereocenters. The quantitative estimate of drug-likeness (QED) is 0.907. The van der Waals surface area contributed by atoms with E-state index in [1.54, 1.807) is 4.90 Å². The number of hydrogen-bond acceptors (Lipinski definition) is 3. The Kier molecular flexibility index (Phi) is 4.17. The molecule has 0 saturated carbocycles. The molecule has 3 rings (SSSR count). The lowest BCUT2D eigenvalue weighted by Crippen LogP contribution is -2.34. The van der Waals surface area contributed by atoms with Crippen molar-refractivity contribution in [2.24, 2.45) is 11.7 Å². The number of carbonyl (C=O) groups excluding carboxylic acids is 1. The SMILES string of the molecule is CCC[C@H]1CN(C(=O)c2c[nH]c3ccc(F)cc3c2=O)C[C@@H]1N. The predicted octanol–water partition coefficient (Wildman–Crippen LogP) is 1.87. The van der Waals surface area contributed by atoms with Gasteiger partial charge in [-0.1, -0.05) is 13.3 Å². The van der Waals surface area contributed by atoms with Crippen LogP contribution in [0.5, 0.6) is 0 Å². The Balaban J connectivity index is 1.93. The fourth-order valence-electron chi connectivity index (χ4n) is 3.26. The first-order chi connectivity index (χ1) is 11.0. The zero-order valence-corrected chi connectivity index (χ0v) is 13.0. The Labute approximate surface area is 133 Å². The number of H-pyrrole nitrogens is 1. The van der Waals surface area contributed by atoms with Crippen LogP contribution in [0.2, 0.25) is 0 Å². The van der Waals surface area contributed by atoms with Crippen LogP contribution in [0, 0.1) is 11.7 Å². The number of nitrogens with two attached hydrogens (primary N) is 1. The van der Waals surface area contributed by atoms with E-state index >= 15 is 0 Å². The lowest BCUT2D eigenvalue weighted by atomic mass is 9.99. The smallest absolute Gasteiger partial charge is 0.259 e. The number of nitrogens with zero attached hydrogens (tertiary/aromatic N) is 1. The van der Waals surface area contributed by atoms with Crippen molar-refractivity contribution in [1.82, 2.24) is 9.88 Å². The zero-order valence-electron chi connectivity index (χ0n) is 13.0. The maximum atomic E-state index is 13.4. The summed E-state index contributed by atoms with van der Waals surface area (Å²) in [6.07, 6.45) is 3.38. The van der Waals surface area contributed by atoms with E-state index in [4.69, 9.17) is 5.73 Å². The van der Waals surface area contributed by atoms with E-state index in [0.29, 0.717) is 18.6 Å². The number of pyridine rings is 1. The average Bonchev–Trinajstić information content (AvgIpc) is 2.89. The number of rotatable bonds is 3. The first kappa shape index (κ1) is 15.7. The molecule has 122 valence electrons. The maximum absolute atomic E-state index is 13.4. The van der Waals surface area contributed by atoms with Crippen molar-refractivity contribution in [2.75, 3.05) is 13.1 Å². The molecular formula is C17H20FN3O2. The third kappa shape index (κ3) is 2.86. The number of carbonyl (C=O) groups is 1. The standard InChI is InChI=1S/C17H20FN3O2/c1-2-3-10-8-21(9-14(10)19)17(23)13-7-20-15-5-4-11(18)6-12(15)16(13)22/h4-7,10,14H,2-3,8-9,19H2,1H3,(H,20,22)/t10-,14-/m0/s1. The fraction of sp³-hybridized carbons (Fsp3) is 0.412. The van der Waals surface area contributed by atoms with Gasteiger partial charge in [-0.15, -0.1) is 0 Å².